The van der Waals surface area contributed by atoms with E-state index in [0.717, 1.165) is 50.1 Å². The van der Waals surface area contributed by atoms with Crippen molar-refractivity contribution < 1.29 is 0 Å². The lowest BCUT2D eigenvalue weighted by Gasteiger charge is -2.15. The Morgan fingerprint density at radius 1 is 0.262 bits per heavy atom. The fraction of sp³-hybridized carbons (Fsp3) is 0. The van der Waals surface area contributed by atoms with E-state index in [0.29, 0.717) is 17.5 Å². The van der Waals surface area contributed by atoms with Crippen LogP contribution in [0.1, 0.15) is 0 Å². The fourth-order valence-electron chi connectivity index (χ4n) is 9.18. The van der Waals surface area contributed by atoms with Gasteiger partial charge in [-0.1, -0.05) is 188 Å². The molecule has 0 radical (unpaired) electrons. The molecule has 0 aliphatic heterocycles. The molecule has 4 nitrogen and oxygen atoms in total. The zero-order valence-corrected chi connectivity index (χ0v) is 33.1. The van der Waals surface area contributed by atoms with Crippen LogP contribution >= 0.6 is 0 Å². The SMILES string of the molecule is c1ccc(-c2ccc(-c3nc(-c4ccccc4)nc(-c4cc(-c5ccccc5)c5c6ccccc6n(-c6ccc7c8ccccc8c8ccccc8c7c6)c5c4)n3)cc2)cc1. The summed E-state index contributed by atoms with van der Waals surface area (Å²) in [6.07, 6.45) is 0. The van der Waals surface area contributed by atoms with Gasteiger partial charge < -0.3 is 4.57 Å². The molecule has 284 valence electrons. The summed E-state index contributed by atoms with van der Waals surface area (Å²) in [6.45, 7) is 0. The summed E-state index contributed by atoms with van der Waals surface area (Å²) < 4.78 is 2.42. The number of benzene rings is 10. The van der Waals surface area contributed by atoms with Crippen molar-refractivity contribution in [2.24, 2.45) is 0 Å². The maximum atomic E-state index is 5.27. The predicted molar refractivity (Wildman–Crippen MR) is 254 cm³/mol. The summed E-state index contributed by atoms with van der Waals surface area (Å²) in [5.41, 5.74) is 10.6. The van der Waals surface area contributed by atoms with Gasteiger partial charge in [0.25, 0.3) is 0 Å². The molecule has 12 aromatic rings. The van der Waals surface area contributed by atoms with E-state index in [-0.39, 0.29) is 0 Å². The highest BCUT2D eigenvalue weighted by molar-refractivity contribution is 6.26. The Morgan fingerprint density at radius 2 is 0.689 bits per heavy atom. The fourth-order valence-corrected chi connectivity index (χ4v) is 9.18. The summed E-state index contributed by atoms with van der Waals surface area (Å²) >= 11 is 0. The van der Waals surface area contributed by atoms with Crippen LogP contribution in [0, 0.1) is 0 Å². The zero-order chi connectivity index (χ0) is 40.3. The molecular formula is C57H36N4. The molecule has 10 aromatic carbocycles. The molecular weight excluding hydrogens is 741 g/mol. The maximum absolute atomic E-state index is 5.27. The molecule has 0 aliphatic carbocycles. The normalized spacial score (nSPS) is 11.6. The first-order valence-electron chi connectivity index (χ1n) is 20.7. The Morgan fingerprint density at radius 3 is 1.30 bits per heavy atom. The molecule has 4 heteroatoms. The number of para-hydroxylation sites is 1. The number of fused-ring (bicyclic) bond motifs is 9. The van der Waals surface area contributed by atoms with Crippen LogP contribution < -0.4 is 0 Å². The zero-order valence-electron chi connectivity index (χ0n) is 33.1. The van der Waals surface area contributed by atoms with Crippen LogP contribution in [0.3, 0.4) is 0 Å². The van der Waals surface area contributed by atoms with Crippen LogP contribution in [0.2, 0.25) is 0 Å². The van der Waals surface area contributed by atoms with Crippen LogP contribution in [0.25, 0.3) is 116 Å². The third-order valence-corrected chi connectivity index (χ3v) is 12.0. The van der Waals surface area contributed by atoms with Crippen molar-refractivity contribution in [3.8, 4) is 62.1 Å². The number of nitrogens with zero attached hydrogens (tertiary/aromatic N) is 4. The van der Waals surface area contributed by atoms with E-state index in [1.54, 1.807) is 0 Å². The van der Waals surface area contributed by atoms with Crippen molar-refractivity contribution in [3.63, 3.8) is 0 Å². The quantitative estimate of drug-likeness (QED) is 0.158. The number of hydrogen-bond donors (Lipinski definition) is 0. The molecule has 2 aromatic heterocycles. The standard InChI is InChI=1S/C57H36N4/c1-4-16-37(17-5-1)38-28-30-41(31-29-38)56-58-55(40-20-8-3-9-21-40)59-57(60-56)42-34-50(39-18-6-2-7-19-39)54-49-26-14-15-27-52(49)61(53(54)35-42)43-32-33-48-46-24-11-10-22-44(46)45-23-12-13-25-47(45)51(48)36-43/h1-36H. The molecule has 61 heavy (non-hydrogen) atoms. The first-order chi connectivity index (χ1) is 30.2. The van der Waals surface area contributed by atoms with E-state index >= 15 is 0 Å². The van der Waals surface area contributed by atoms with Crippen LogP contribution in [0.5, 0.6) is 0 Å². The highest BCUT2D eigenvalue weighted by Gasteiger charge is 2.21. The van der Waals surface area contributed by atoms with Gasteiger partial charge >= 0.3 is 0 Å². The summed E-state index contributed by atoms with van der Waals surface area (Å²) in [7, 11) is 0. The van der Waals surface area contributed by atoms with Gasteiger partial charge in [-0.05, 0) is 84.9 Å². The maximum Gasteiger partial charge on any atom is 0.164 e. The molecule has 0 saturated carbocycles. The van der Waals surface area contributed by atoms with Crippen molar-refractivity contribution in [2.75, 3.05) is 0 Å². The summed E-state index contributed by atoms with van der Waals surface area (Å²) in [6, 6.07) is 77.6. The van der Waals surface area contributed by atoms with Gasteiger partial charge in [-0.15, -0.1) is 0 Å². The van der Waals surface area contributed by atoms with Gasteiger partial charge in [0.05, 0.1) is 11.0 Å². The molecule has 0 fully saturated rings. The van der Waals surface area contributed by atoms with E-state index in [1.165, 1.54) is 48.7 Å². The van der Waals surface area contributed by atoms with E-state index < -0.39 is 0 Å². The van der Waals surface area contributed by atoms with Crippen molar-refractivity contribution in [2.45, 2.75) is 0 Å². The predicted octanol–water partition coefficient (Wildman–Crippen LogP) is 14.8. The average molecular weight is 777 g/mol. The van der Waals surface area contributed by atoms with Gasteiger partial charge in [0.1, 0.15) is 0 Å². The minimum atomic E-state index is 0.614. The first kappa shape index (κ1) is 34.8. The minimum absolute atomic E-state index is 0.614. The molecule has 0 aliphatic rings. The smallest absolute Gasteiger partial charge is 0.164 e. The molecule has 0 atom stereocenters. The first-order valence-corrected chi connectivity index (χ1v) is 20.7. The number of rotatable bonds is 6. The molecule has 0 unspecified atom stereocenters. The molecule has 2 heterocycles. The monoisotopic (exact) mass is 776 g/mol. The lowest BCUT2D eigenvalue weighted by molar-refractivity contribution is 1.07. The second kappa shape index (κ2) is 14.3. The van der Waals surface area contributed by atoms with Crippen LogP contribution in [-0.2, 0) is 0 Å². The summed E-state index contributed by atoms with van der Waals surface area (Å²) in [4.78, 5) is 15.6. The lowest BCUT2D eigenvalue weighted by atomic mass is 9.94. The highest BCUT2D eigenvalue weighted by Crippen LogP contribution is 2.43. The van der Waals surface area contributed by atoms with Gasteiger partial charge in [0.15, 0.2) is 17.5 Å². The van der Waals surface area contributed by atoms with Gasteiger partial charge in [-0.25, -0.2) is 15.0 Å². The number of aromatic nitrogens is 4. The topological polar surface area (TPSA) is 43.6 Å². The van der Waals surface area contributed by atoms with Crippen molar-refractivity contribution in [1.82, 2.24) is 19.5 Å². The Hall–Kier alpha value is -8.21. The molecule has 0 bridgehead atoms. The van der Waals surface area contributed by atoms with Crippen LogP contribution in [0.4, 0.5) is 0 Å². The molecule has 0 saturated heterocycles. The van der Waals surface area contributed by atoms with Crippen LogP contribution in [-0.4, -0.2) is 19.5 Å². The Labute approximate surface area is 352 Å². The largest absolute Gasteiger partial charge is 0.309 e. The molecule has 0 spiro atoms. The Bertz CT molecular complexity index is 3580. The molecule has 0 N–H and O–H groups in total. The van der Waals surface area contributed by atoms with Gasteiger partial charge in [-0.2, -0.15) is 0 Å². The van der Waals surface area contributed by atoms with E-state index in [9.17, 15) is 0 Å². The Kier molecular flexibility index (Phi) is 8.13. The second-order valence-electron chi connectivity index (χ2n) is 15.6. The van der Waals surface area contributed by atoms with Gasteiger partial charge in [-0.3, -0.25) is 0 Å². The highest BCUT2D eigenvalue weighted by atomic mass is 15.0. The van der Waals surface area contributed by atoms with Crippen molar-refractivity contribution in [1.29, 1.82) is 0 Å². The van der Waals surface area contributed by atoms with Gasteiger partial charge in [0.2, 0.25) is 0 Å². The van der Waals surface area contributed by atoms with Crippen molar-refractivity contribution in [3.05, 3.63) is 218 Å². The Balaban J connectivity index is 1.13. The lowest BCUT2D eigenvalue weighted by Crippen LogP contribution is -2.01. The number of hydrogen-bond acceptors (Lipinski definition) is 3. The van der Waals surface area contributed by atoms with E-state index in [2.05, 4.69) is 199 Å². The summed E-state index contributed by atoms with van der Waals surface area (Å²) in [5, 5.41) is 9.87. The van der Waals surface area contributed by atoms with Gasteiger partial charge in [0, 0.05) is 33.2 Å². The van der Waals surface area contributed by atoms with Crippen molar-refractivity contribution >= 4 is 54.1 Å². The molecule has 12 rings (SSSR count). The third-order valence-electron chi connectivity index (χ3n) is 12.0. The summed E-state index contributed by atoms with van der Waals surface area (Å²) in [5.74, 6) is 1.87. The second-order valence-corrected chi connectivity index (χ2v) is 15.6. The van der Waals surface area contributed by atoms with E-state index in [1.807, 2.05) is 24.3 Å². The van der Waals surface area contributed by atoms with Crippen LogP contribution in [0.15, 0.2) is 218 Å². The van der Waals surface area contributed by atoms with E-state index in [4.69, 9.17) is 15.0 Å². The third kappa shape index (κ3) is 5.88. The average Bonchev–Trinajstić information content (AvgIpc) is 3.68. The molecule has 0 amide bonds. The minimum Gasteiger partial charge on any atom is -0.309 e.